The van der Waals surface area contributed by atoms with Gasteiger partial charge in [0.05, 0.1) is 13.2 Å². The van der Waals surface area contributed by atoms with E-state index in [9.17, 15) is 0 Å². The van der Waals surface area contributed by atoms with Gasteiger partial charge in [0.15, 0.2) is 11.5 Å². The van der Waals surface area contributed by atoms with Gasteiger partial charge >= 0.3 is 0 Å². The van der Waals surface area contributed by atoms with E-state index in [2.05, 4.69) is 29.8 Å². The third kappa shape index (κ3) is 6.86. The molecule has 0 heterocycles. The highest BCUT2D eigenvalue weighted by molar-refractivity contribution is 9.10. The molecule has 0 atom stereocenters. The first-order valence-corrected chi connectivity index (χ1v) is 8.12. The number of unbranched alkanes of at least 4 members (excludes halogenated alkanes) is 4. The maximum Gasteiger partial charge on any atom is 0.162 e. The van der Waals surface area contributed by atoms with E-state index >= 15 is 0 Å². The average Bonchev–Trinajstić information content (AvgIpc) is 2.41. The van der Waals surface area contributed by atoms with Gasteiger partial charge in [-0.15, -0.1) is 0 Å². The number of halogens is 1. The van der Waals surface area contributed by atoms with Crippen molar-refractivity contribution in [3.63, 3.8) is 0 Å². The molecule has 0 bridgehead atoms. The van der Waals surface area contributed by atoms with Crippen LogP contribution in [0.5, 0.6) is 11.5 Å². The van der Waals surface area contributed by atoms with Gasteiger partial charge in [-0.2, -0.15) is 0 Å². The molecule has 0 aliphatic carbocycles. The number of rotatable bonds is 10. The van der Waals surface area contributed by atoms with Crippen LogP contribution in [-0.2, 0) is 0 Å². The minimum absolute atomic E-state index is 0.760. The monoisotopic (exact) mass is 328 g/mol. The Hall–Kier alpha value is -0.700. The Morgan fingerprint density at radius 1 is 0.842 bits per heavy atom. The van der Waals surface area contributed by atoms with E-state index in [0.717, 1.165) is 42.0 Å². The van der Waals surface area contributed by atoms with Crippen molar-refractivity contribution < 1.29 is 9.47 Å². The SMILES string of the molecule is CCCCCOc1ccc(Br)cc1OCCCCC. The third-order valence-electron chi connectivity index (χ3n) is 2.92. The lowest BCUT2D eigenvalue weighted by Gasteiger charge is -2.13. The zero-order valence-corrected chi connectivity index (χ0v) is 13.7. The fraction of sp³-hybridized carbons (Fsp3) is 0.625. The summed E-state index contributed by atoms with van der Waals surface area (Å²) in [6.07, 6.45) is 7.04. The lowest BCUT2D eigenvalue weighted by molar-refractivity contribution is 0.259. The second-order valence-electron chi connectivity index (χ2n) is 4.70. The quantitative estimate of drug-likeness (QED) is 0.521. The second-order valence-corrected chi connectivity index (χ2v) is 5.62. The van der Waals surface area contributed by atoms with Crippen LogP contribution in [0, 0.1) is 0 Å². The number of benzene rings is 1. The van der Waals surface area contributed by atoms with E-state index in [0.29, 0.717) is 0 Å². The zero-order valence-electron chi connectivity index (χ0n) is 12.1. The number of ether oxygens (including phenoxy) is 2. The predicted octanol–water partition coefficient (Wildman–Crippen LogP) is 5.59. The van der Waals surface area contributed by atoms with Gasteiger partial charge in [0, 0.05) is 4.47 Å². The van der Waals surface area contributed by atoms with Crippen molar-refractivity contribution in [2.75, 3.05) is 13.2 Å². The molecule has 0 unspecified atom stereocenters. The van der Waals surface area contributed by atoms with Crippen molar-refractivity contribution in [1.29, 1.82) is 0 Å². The highest BCUT2D eigenvalue weighted by Gasteiger charge is 2.06. The summed E-state index contributed by atoms with van der Waals surface area (Å²) < 4.78 is 12.7. The van der Waals surface area contributed by atoms with Crippen molar-refractivity contribution in [3.8, 4) is 11.5 Å². The van der Waals surface area contributed by atoms with Gasteiger partial charge in [0.25, 0.3) is 0 Å². The molecule has 0 aliphatic rings. The molecule has 0 aromatic heterocycles. The largest absolute Gasteiger partial charge is 0.490 e. The highest BCUT2D eigenvalue weighted by atomic mass is 79.9. The van der Waals surface area contributed by atoms with E-state index in [1.807, 2.05) is 18.2 Å². The molecule has 0 saturated carbocycles. The van der Waals surface area contributed by atoms with Crippen LogP contribution in [0.1, 0.15) is 52.4 Å². The third-order valence-corrected chi connectivity index (χ3v) is 3.41. The Morgan fingerprint density at radius 2 is 1.42 bits per heavy atom. The van der Waals surface area contributed by atoms with E-state index in [1.165, 1.54) is 25.7 Å². The van der Waals surface area contributed by atoms with Crippen molar-refractivity contribution in [3.05, 3.63) is 22.7 Å². The number of hydrogen-bond donors (Lipinski definition) is 0. The standard InChI is InChI=1S/C16H25BrO2/c1-3-5-7-11-18-15-10-9-14(17)13-16(15)19-12-8-6-4-2/h9-10,13H,3-8,11-12H2,1-2H3. The molecule has 1 rings (SSSR count). The molecule has 3 heteroatoms. The molecule has 0 amide bonds. The van der Waals surface area contributed by atoms with E-state index < -0.39 is 0 Å². The maximum absolute atomic E-state index is 5.82. The smallest absolute Gasteiger partial charge is 0.162 e. The van der Waals surface area contributed by atoms with Crippen LogP contribution >= 0.6 is 15.9 Å². The van der Waals surface area contributed by atoms with Crippen LogP contribution in [0.4, 0.5) is 0 Å². The molecule has 1 aromatic carbocycles. The molecule has 0 fully saturated rings. The first kappa shape index (κ1) is 16.4. The molecule has 0 N–H and O–H groups in total. The molecule has 0 saturated heterocycles. The summed E-state index contributed by atoms with van der Waals surface area (Å²) in [4.78, 5) is 0. The molecule has 108 valence electrons. The van der Waals surface area contributed by atoms with Crippen LogP contribution in [0.25, 0.3) is 0 Å². The molecule has 1 aromatic rings. The van der Waals surface area contributed by atoms with E-state index in [4.69, 9.17) is 9.47 Å². The van der Waals surface area contributed by atoms with Crippen molar-refractivity contribution >= 4 is 15.9 Å². The van der Waals surface area contributed by atoms with Crippen LogP contribution in [-0.4, -0.2) is 13.2 Å². The van der Waals surface area contributed by atoms with Gasteiger partial charge in [0.1, 0.15) is 0 Å². The van der Waals surface area contributed by atoms with Crippen molar-refractivity contribution in [2.24, 2.45) is 0 Å². The average molecular weight is 329 g/mol. The molecule has 19 heavy (non-hydrogen) atoms. The minimum atomic E-state index is 0.760. The molecule has 0 spiro atoms. The Morgan fingerprint density at radius 3 is 2.00 bits per heavy atom. The van der Waals surface area contributed by atoms with Gasteiger partial charge in [-0.25, -0.2) is 0 Å². The van der Waals surface area contributed by atoms with Crippen LogP contribution in [0.2, 0.25) is 0 Å². The zero-order chi connectivity index (χ0) is 13.9. The van der Waals surface area contributed by atoms with Crippen LogP contribution in [0.3, 0.4) is 0 Å². The van der Waals surface area contributed by atoms with Gasteiger partial charge in [-0.1, -0.05) is 55.5 Å². The first-order valence-electron chi connectivity index (χ1n) is 7.33. The second kappa shape index (κ2) is 10.1. The normalized spacial score (nSPS) is 10.5. The Bertz CT molecular complexity index is 353. The lowest BCUT2D eigenvalue weighted by Crippen LogP contribution is -2.02. The Kier molecular flexibility index (Phi) is 8.72. The maximum atomic E-state index is 5.82. The fourth-order valence-corrected chi connectivity index (χ4v) is 2.12. The van der Waals surface area contributed by atoms with Gasteiger partial charge < -0.3 is 9.47 Å². The molecule has 2 nitrogen and oxygen atoms in total. The molecular formula is C16H25BrO2. The van der Waals surface area contributed by atoms with E-state index in [1.54, 1.807) is 0 Å². The minimum Gasteiger partial charge on any atom is -0.490 e. The summed E-state index contributed by atoms with van der Waals surface area (Å²) in [5.41, 5.74) is 0. The van der Waals surface area contributed by atoms with E-state index in [-0.39, 0.29) is 0 Å². The van der Waals surface area contributed by atoms with Crippen LogP contribution < -0.4 is 9.47 Å². The van der Waals surface area contributed by atoms with Crippen molar-refractivity contribution in [2.45, 2.75) is 52.4 Å². The summed E-state index contributed by atoms with van der Waals surface area (Å²) >= 11 is 3.48. The van der Waals surface area contributed by atoms with Gasteiger partial charge in [-0.05, 0) is 31.0 Å². The summed E-state index contributed by atoms with van der Waals surface area (Å²) in [5.74, 6) is 1.71. The molecule has 0 aliphatic heterocycles. The first-order chi connectivity index (χ1) is 9.27. The summed E-state index contributed by atoms with van der Waals surface area (Å²) in [6.45, 7) is 5.92. The van der Waals surface area contributed by atoms with Gasteiger partial charge in [-0.3, -0.25) is 0 Å². The summed E-state index contributed by atoms with van der Waals surface area (Å²) in [7, 11) is 0. The summed E-state index contributed by atoms with van der Waals surface area (Å²) in [6, 6.07) is 5.96. The lowest BCUT2D eigenvalue weighted by atomic mass is 10.2. The topological polar surface area (TPSA) is 18.5 Å². The Labute approximate surface area is 125 Å². The number of hydrogen-bond acceptors (Lipinski definition) is 2. The van der Waals surface area contributed by atoms with Crippen molar-refractivity contribution in [1.82, 2.24) is 0 Å². The molecule has 0 radical (unpaired) electrons. The predicted molar refractivity (Wildman–Crippen MR) is 84.2 cm³/mol. The highest BCUT2D eigenvalue weighted by Crippen LogP contribution is 2.31. The summed E-state index contributed by atoms with van der Waals surface area (Å²) in [5, 5.41) is 0. The Balaban J connectivity index is 2.48. The molecular weight excluding hydrogens is 304 g/mol. The van der Waals surface area contributed by atoms with Crippen LogP contribution in [0.15, 0.2) is 22.7 Å². The fourth-order valence-electron chi connectivity index (χ4n) is 1.78. The van der Waals surface area contributed by atoms with Gasteiger partial charge in [0.2, 0.25) is 0 Å².